The summed E-state index contributed by atoms with van der Waals surface area (Å²) in [6, 6.07) is 0. The molecule has 88 valence electrons. The van der Waals surface area contributed by atoms with E-state index in [4.69, 9.17) is 4.74 Å². The summed E-state index contributed by atoms with van der Waals surface area (Å²) in [5, 5.41) is 9.24. The van der Waals surface area contributed by atoms with E-state index in [9.17, 15) is 9.90 Å². The predicted molar refractivity (Wildman–Crippen MR) is 58.4 cm³/mol. The zero-order valence-corrected chi connectivity index (χ0v) is 9.58. The zero-order chi connectivity index (χ0) is 11.1. The number of aliphatic hydroxyl groups is 1. The topological polar surface area (TPSA) is 46.5 Å². The fraction of sp³-hybridized carbons (Fsp3) is 0.917. The Morgan fingerprint density at radius 2 is 1.80 bits per heavy atom. The molecule has 0 aromatic heterocycles. The predicted octanol–water partition coefficient (Wildman–Crippen LogP) is 2.13. The first-order chi connectivity index (χ1) is 7.29. The van der Waals surface area contributed by atoms with Gasteiger partial charge in [0.2, 0.25) is 0 Å². The van der Waals surface area contributed by atoms with Gasteiger partial charge in [0.1, 0.15) is 0 Å². The average Bonchev–Trinajstić information content (AvgIpc) is 2.21. The summed E-state index contributed by atoms with van der Waals surface area (Å²) in [4.78, 5) is 11.5. The highest BCUT2D eigenvalue weighted by atomic mass is 16.5. The van der Waals surface area contributed by atoms with E-state index in [0.29, 0.717) is 5.92 Å². The third kappa shape index (κ3) is 3.82. The molecule has 1 aliphatic carbocycles. The summed E-state index contributed by atoms with van der Waals surface area (Å²) < 4.78 is 4.73. The van der Waals surface area contributed by atoms with Crippen LogP contribution in [-0.2, 0) is 9.53 Å². The van der Waals surface area contributed by atoms with Crippen molar-refractivity contribution < 1.29 is 14.6 Å². The van der Waals surface area contributed by atoms with Crippen LogP contribution < -0.4 is 0 Å². The molecular formula is C12H22O3. The Morgan fingerprint density at radius 3 is 2.27 bits per heavy atom. The summed E-state index contributed by atoms with van der Waals surface area (Å²) in [7, 11) is 1.40. The minimum atomic E-state index is -0.298. The fourth-order valence-electron chi connectivity index (χ4n) is 2.46. The van der Waals surface area contributed by atoms with Crippen molar-refractivity contribution >= 4 is 5.97 Å². The number of aliphatic hydroxyl groups excluding tert-OH is 1. The van der Waals surface area contributed by atoms with Gasteiger partial charge in [-0.3, -0.25) is 4.79 Å². The molecule has 1 atom stereocenters. The highest BCUT2D eigenvalue weighted by Crippen LogP contribution is 2.28. The van der Waals surface area contributed by atoms with Gasteiger partial charge in [0, 0.05) is 0 Å². The van der Waals surface area contributed by atoms with Crippen LogP contribution in [0, 0.1) is 11.8 Å². The normalized spacial score (nSPS) is 21.5. The molecule has 1 rings (SSSR count). The van der Waals surface area contributed by atoms with Crippen molar-refractivity contribution in [2.75, 3.05) is 13.7 Å². The van der Waals surface area contributed by atoms with Gasteiger partial charge in [0.05, 0.1) is 19.6 Å². The van der Waals surface area contributed by atoms with E-state index in [2.05, 4.69) is 0 Å². The number of hydrogen-bond acceptors (Lipinski definition) is 3. The Hall–Kier alpha value is -0.570. The van der Waals surface area contributed by atoms with Crippen molar-refractivity contribution in [3.05, 3.63) is 0 Å². The standard InChI is InChI=1S/C12H22O3/c1-15-12(14)11(9-13)10-7-5-3-2-4-6-8-10/h10-11,13H,2-9H2,1H3. The van der Waals surface area contributed by atoms with Crippen molar-refractivity contribution in [2.45, 2.75) is 44.9 Å². The minimum Gasteiger partial charge on any atom is -0.469 e. The van der Waals surface area contributed by atoms with Gasteiger partial charge in [0.25, 0.3) is 0 Å². The second-order valence-electron chi connectivity index (χ2n) is 4.42. The van der Waals surface area contributed by atoms with Gasteiger partial charge in [-0.05, 0) is 18.8 Å². The van der Waals surface area contributed by atoms with Crippen molar-refractivity contribution in [1.82, 2.24) is 0 Å². The van der Waals surface area contributed by atoms with Gasteiger partial charge < -0.3 is 9.84 Å². The largest absolute Gasteiger partial charge is 0.469 e. The fourth-order valence-corrected chi connectivity index (χ4v) is 2.46. The van der Waals surface area contributed by atoms with Crippen molar-refractivity contribution in [3.8, 4) is 0 Å². The minimum absolute atomic E-state index is 0.0721. The van der Waals surface area contributed by atoms with Gasteiger partial charge in [-0.15, -0.1) is 0 Å². The molecule has 15 heavy (non-hydrogen) atoms. The Labute approximate surface area is 91.8 Å². The molecule has 3 nitrogen and oxygen atoms in total. The van der Waals surface area contributed by atoms with Crippen LogP contribution in [0.2, 0.25) is 0 Å². The van der Waals surface area contributed by atoms with Crippen LogP contribution in [0.1, 0.15) is 44.9 Å². The molecular weight excluding hydrogens is 192 g/mol. The molecule has 3 heteroatoms. The number of ether oxygens (including phenoxy) is 1. The molecule has 0 amide bonds. The van der Waals surface area contributed by atoms with Crippen LogP contribution in [-0.4, -0.2) is 24.8 Å². The highest BCUT2D eigenvalue weighted by Gasteiger charge is 2.28. The maximum atomic E-state index is 11.5. The molecule has 0 aromatic carbocycles. The maximum Gasteiger partial charge on any atom is 0.311 e. The third-order valence-corrected chi connectivity index (χ3v) is 3.42. The van der Waals surface area contributed by atoms with Gasteiger partial charge in [0.15, 0.2) is 0 Å². The Balaban J connectivity index is 2.51. The van der Waals surface area contributed by atoms with Crippen molar-refractivity contribution in [2.24, 2.45) is 11.8 Å². The average molecular weight is 214 g/mol. The first-order valence-corrected chi connectivity index (χ1v) is 5.98. The lowest BCUT2D eigenvalue weighted by Crippen LogP contribution is -2.28. The number of hydrogen-bond donors (Lipinski definition) is 1. The molecule has 0 saturated heterocycles. The van der Waals surface area contributed by atoms with E-state index in [-0.39, 0.29) is 18.5 Å². The van der Waals surface area contributed by atoms with Crippen LogP contribution in [0.3, 0.4) is 0 Å². The van der Waals surface area contributed by atoms with Gasteiger partial charge in [-0.2, -0.15) is 0 Å². The van der Waals surface area contributed by atoms with Gasteiger partial charge in [-0.1, -0.05) is 32.1 Å². The molecule has 0 bridgehead atoms. The Kier molecular flexibility index (Phi) is 5.69. The van der Waals surface area contributed by atoms with E-state index in [1.54, 1.807) is 0 Å². The molecule has 0 aromatic rings. The summed E-state index contributed by atoms with van der Waals surface area (Å²) in [6.07, 6.45) is 8.30. The van der Waals surface area contributed by atoms with E-state index in [0.717, 1.165) is 12.8 Å². The second-order valence-corrected chi connectivity index (χ2v) is 4.42. The van der Waals surface area contributed by atoms with Crippen LogP contribution in [0.15, 0.2) is 0 Å². The molecule has 1 unspecified atom stereocenters. The van der Waals surface area contributed by atoms with Crippen LogP contribution in [0.25, 0.3) is 0 Å². The molecule has 1 fully saturated rings. The molecule has 0 heterocycles. The molecule has 1 aliphatic rings. The molecule has 0 aliphatic heterocycles. The lowest BCUT2D eigenvalue weighted by atomic mass is 9.82. The summed E-state index contributed by atoms with van der Waals surface area (Å²) in [5.41, 5.74) is 0. The summed E-state index contributed by atoms with van der Waals surface area (Å²) >= 11 is 0. The maximum absolute atomic E-state index is 11.5. The number of carbonyl (C=O) groups is 1. The summed E-state index contributed by atoms with van der Waals surface area (Å²) in [5.74, 6) is -0.223. The van der Waals surface area contributed by atoms with E-state index >= 15 is 0 Å². The first kappa shape index (κ1) is 12.5. The van der Waals surface area contributed by atoms with E-state index in [1.165, 1.54) is 39.2 Å². The molecule has 0 spiro atoms. The van der Waals surface area contributed by atoms with Crippen molar-refractivity contribution in [3.63, 3.8) is 0 Å². The van der Waals surface area contributed by atoms with Crippen LogP contribution in [0.5, 0.6) is 0 Å². The monoisotopic (exact) mass is 214 g/mol. The smallest absolute Gasteiger partial charge is 0.311 e. The Morgan fingerprint density at radius 1 is 1.27 bits per heavy atom. The molecule has 1 N–H and O–H groups in total. The number of rotatable bonds is 3. The van der Waals surface area contributed by atoms with Gasteiger partial charge >= 0.3 is 5.97 Å². The van der Waals surface area contributed by atoms with Crippen molar-refractivity contribution in [1.29, 1.82) is 0 Å². The Bertz CT molecular complexity index is 183. The lowest BCUT2D eigenvalue weighted by Gasteiger charge is -2.25. The number of esters is 1. The zero-order valence-electron chi connectivity index (χ0n) is 9.58. The van der Waals surface area contributed by atoms with Crippen LogP contribution >= 0.6 is 0 Å². The SMILES string of the molecule is COC(=O)C(CO)C1CCCCCCC1. The highest BCUT2D eigenvalue weighted by molar-refractivity contribution is 5.72. The van der Waals surface area contributed by atoms with Crippen LogP contribution in [0.4, 0.5) is 0 Å². The molecule has 1 saturated carbocycles. The number of carbonyl (C=O) groups excluding carboxylic acids is 1. The second kappa shape index (κ2) is 6.83. The van der Waals surface area contributed by atoms with E-state index in [1.807, 2.05) is 0 Å². The lowest BCUT2D eigenvalue weighted by molar-refractivity contribution is -0.149. The quantitative estimate of drug-likeness (QED) is 0.732. The number of methoxy groups -OCH3 is 1. The molecule has 0 radical (unpaired) electrons. The van der Waals surface area contributed by atoms with E-state index < -0.39 is 0 Å². The first-order valence-electron chi connectivity index (χ1n) is 5.98. The van der Waals surface area contributed by atoms with Gasteiger partial charge in [-0.25, -0.2) is 0 Å². The third-order valence-electron chi connectivity index (χ3n) is 3.42. The summed E-state index contributed by atoms with van der Waals surface area (Å²) in [6.45, 7) is -0.0721.